The van der Waals surface area contributed by atoms with Gasteiger partial charge in [-0.2, -0.15) is 5.10 Å². The van der Waals surface area contributed by atoms with Gasteiger partial charge in [-0.3, -0.25) is 9.78 Å². The first kappa shape index (κ1) is 17.4. The fraction of sp³-hybridized carbons (Fsp3) is 0.240. The van der Waals surface area contributed by atoms with Gasteiger partial charge in [-0.25, -0.2) is 4.68 Å². The van der Waals surface area contributed by atoms with Crippen molar-refractivity contribution >= 4 is 22.5 Å². The highest BCUT2D eigenvalue weighted by atomic mass is 16.1. The van der Waals surface area contributed by atoms with E-state index in [1.165, 1.54) is 37.1 Å². The number of amides is 1. The van der Waals surface area contributed by atoms with E-state index in [0.717, 1.165) is 22.3 Å². The van der Waals surface area contributed by atoms with Crippen molar-refractivity contribution in [2.24, 2.45) is 0 Å². The molecule has 0 aliphatic heterocycles. The molecule has 2 fully saturated rings. The molecule has 0 spiro atoms. The van der Waals surface area contributed by atoms with Gasteiger partial charge in [0.15, 0.2) is 0 Å². The second kappa shape index (κ2) is 6.80. The van der Waals surface area contributed by atoms with Crippen LogP contribution >= 0.6 is 0 Å². The lowest BCUT2D eigenvalue weighted by Crippen LogP contribution is -2.12. The molecular weight excluding hydrogens is 372 g/mol. The summed E-state index contributed by atoms with van der Waals surface area (Å²) in [5.74, 6) is 1.17. The van der Waals surface area contributed by atoms with Gasteiger partial charge in [-0.15, -0.1) is 0 Å². The van der Waals surface area contributed by atoms with E-state index in [1.54, 1.807) is 6.20 Å². The van der Waals surface area contributed by atoms with Crippen LogP contribution in [-0.4, -0.2) is 20.7 Å². The van der Waals surface area contributed by atoms with E-state index in [4.69, 9.17) is 5.10 Å². The molecule has 5 heteroatoms. The van der Waals surface area contributed by atoms with Gasteiger partial charge in [-0.05, 0) is 80.3 Å². The van der Waals surface area contributed by atoms with Crippen molar-refractivity contribution in [3.63, 3.8) is 0 Å². The molecule has 5 nitrogen and oxygen atoms in total. The zero-order valence-corrected chi connectivity index (χ0v) is 16.6. The van der Waals surface area contributed by atoms with Gasteiger partial charge < -0.3 is 5.32 Å². The lowest BCUT2D eigenvalue weighted by molar-refractivity contribution is 0.102. The molecular formula is C25H22N4O. The number of anilines is 1. The van der Waals surface area contributed by atoms with E-state index in [0.29, 0.717) is 17.4 Å². The SMILES string of the molecule is O=C(Nc1ccc(-n2nc(C3CC3)cc2C2CC2)cc1)c1ccc2ncccc2c1. The van der Waals surface area contributed by atoms with Crippen LogP contribution in [0.5, 0.6) is 0 Å². The molecule has 0 bridgehead atoms. The van der Waals surface area contributed by atoms with Crippen molar-refractivity contribution in [1.29, 1.82) is 0 Å². The summed E-state index contributed by atoms with van der Waals surface area (Å²) in [6, 6.07) is 19.7. The van der Waals surface area contributed by atoms with Gasteiger partial charge in [0.25, 0.3) is 5.91 Å². The number of carbonyl (C=O) groups excluding carboxylic acids is 1. The van der Waals surface area contributed by atoms with Crippen LogP contribution in [0, 0.1) is 0 Å². The second-order valence-electron chi connectivity index (χ2n) is 8.37. The van der Waals surface area contributed by atoms with E-state index < -0.39 is 0 Å². The van der Waals surface area contributed by atoms with Gasteiger partial charge in [0.1, 0.15) is 0 Å². The van der Waals surface area contributed by atoms with Crippen LogP contribution in [0.1, 0.15) is 59.3 Å². The van der Waals surface area contributed by atoms with E-state index in [2.05, 4.69) is 21.0 Å². The minimum absolute atomic E-state index is 0.123. The van der Waals surface area contributed by atoms with Gasteiger partial charge in [-0.1, -0.05) is 6.07 Å². The number of carbonyl (C=O) groups is 1. The maximum absolute atomic E-state index is 12.7. The third-order valence-electron chi connectivity index (χ3n) is 5.98. The predicted molar refractivity (Wildman–Crippen MR) is 117 cm³/mol. The summed E-state index contributed by atoms with van der Waals surface area (Å²) < 4.78 is 2.10. The van der Waals surface area contributed by atoms with Gasteiger partial charge in [0.05, 0.1) is 16.9 Å². The molecule has 0 saturated heterocycles. The van der Waals surface area contributed by atoms with Crippen LogP contribution in [0.4, 0.5) is 5.69 Å². The average molecular weight is 394 g/mol. The molecule has 0 radical (unpaired) electrons. The highest BCUT2D eigenvalue weighted by molar-refractivity contribution is 6.06. The standard InChI is InChI=1S/C25H22N4O/c30-25(19-7-12-22-18(14-19)2-1-13-26-22)27-20-8-10-21(11-9-20)29-24(17-5-6-17)15-23(28-29)16-3-4-16/h1-2,7-17H,3-6H2,(H,27,30). The number of hydrogen-bond acceptors (Lipinski definition) is 3. The first-order valence-electron chi connectivity index (χ1n) is 10.6. The number of nitrogens with zero attached hydrogens (tertiary/aromatic N) is 3. The van der Waals surface area contributed by atoms with Crippen LogP contribution in [0.25, 0.3) is 16.6 Å². The monoisotopic (exact) mass is 394 g/mol. The van der Waals surface area contributed by atoms with E-state index in [-0.39, 0.29) is 5.91 Å². The van der Waals surface area contributed by atoms with Gasteiger partial charge >= 0.3 is 0 Å². The Morgan fingerprint density at radius 2 is 1.73 bits per heavy atom. The fourth-order valence-corrected chi connectivity index (χ4v) is 3.98. The minimum Gasteiger partial charge on any atom is -0.322 e. The Kier molecular flexibility index (Phi) is 3.94. The minimum atomic E-state index is -0.123. The molecule has 0 atom stereocenters. The van der Waals surface area contributed by atoms with Crippen LogP contribution < -0.4 is 5.32 Å². The number of hydrogen-bond donors (Lipinski definition) is 1. The topological polar surface area (TPSA) is 59.8 Å². The Labute approximate surface area is 174 Å². The molecule has 6 rings (SSSR count). The van der Waals surface area contributed by atoms with Crippen LogP contribution in [-0.2, 0) is 0 Å². The molecule has 148 valence electrons. The molecule has 1 amide bonds. The van der Waals surface area contributed by atoms with Crippen molar-refractivity contribution in [2.45, 2.75) is 37.5 Å². The van der Waals surface area contributed by atoms with Crippen LogP contribution in [0.2, 0.25) is 0 Å². The molecule has 2 aliphatic rings. The summed E-state index contributed by atoms with van der Waals surface area (Å²) in [5, 5.41) is 8.85. The first-order chi connectivity index (χ1) is 14.7. The van der Waals surface area contributed by atoms with E-state index in [1.807, 2.05) is 54.6 Å². The maximum atomic E-state index is 12.7. The molecule has 2 aromatic heterocycles. The lowest BCUT2D eigenvalue weighted by Gasteiger charge is -2.09. The van der Waals surface area contributed by atoms with E-state index in [9.17, 15) is 4.79 Å². The average Bonchev–Trinajstić information content (AvgIpc) is 3.72. The third-order valence-corrected chi connectivity index (χ3v) is 5.98. The zero-order chi connectivity index (χ0) is 20.1. The summed E-state index contributed by atoms with van der Waals surface area (Å²) in [7, 11) is 0. The van der Waals surface area contributed by atoms with Crippen molar-refractivity contribution in [1.82, 2.24) is 14.8 Å². The largest absolute Gasteiger partial charge is 0.322 e. The Bertz CT molecular complexity index is 1250. The third kappa shape index (κ3) is 3.26. The Morgan fingerprint density at radius 3 is 2.50 bits per heavy atom. The van der Waals surface area contributed by atoms with Crippen molar-refractivity contribution in [2.75, 3.05) is 5.32 Å². The lowest BCUT2D eigenvalue weighted by atomic mass is 10.1. The Hall–Kier alpha value is -3.47. The summed E-state index contributed by atoms with van der Waals surface area (Å²) in [6.07, 6.45) is 6.79. The number of aromatic nitrogens is 3. The normalized spacial score (nSPS) is 16.0. The summed E-state index contributed by atoms with van der Waals surface area (Å²) in [6.45, 7) is 0. The van der Waals surface area contributed by atoms with Gasteiger partial charge in [0, 0.05) is 40.4 Å². The van der Waals surface area contributed by atoms with Crippen LogP contribution in [0.3, 0.4) is 0 Å². The van der Waals surface area contributed by atoms with Crippen molar-refractivity contribution < 1.29 is 4.79 Å². The fourth-order valence-electron chi connectivity index (χ4n) is 3.98. The molecule has 2 heterocycles. The molecule has 2 saturated carbocycles. The number of benzene rings is 2. The summed E-state index contributed by atoms with van der Waals surface area (Å²) >= 11 is 0. The predicted octanol–water partition coefficient (Wildman–Crippen LogP) is 5.43. The molecule has 2 aliphatic carbocycles. The quantitative estimate of drug-likeness (QED) is 0.491. The summed E-state index contributed by atoms with van der Waals surface area (Å²) in [4.78, 5) is 17.0. The van der Waals surface area contributed by atoms with Crippen molar-refractivity contribution in [3.8, 4) is 5.69 Å². The zero-order valence-electron chi connectivity index (χ0n) is 16.6. The molecule has 0 unspecified atom stereocenters. The summed E-state index contributed by atoms with van der Waals surface area (Å²) in [5.41, 5.74) is 5.90. The van der Waals surface area contributed by atoms with Crippen molar-refractivity contribution in [3.05, 3.63) is 83.8 Å². The number of fused-ring (bicyclic) bond motifs is 1. The van der Waals surface area contributed by atoms with E-state index >= 15 is 0 Å². The number of nitrogens with one attached hydrogen (secondary N) is 1. The molecule has 30 heavy (non-hydrogen) atoms. The highest BCUT2D eigenvalue weighted by Crippen LogP contribution is 2.45. The molecule has 4 aromatic rings. The second-order valence-corrected chi connectivity index (χ2v) is 8.37. The highest BCUT2D eigenvalue weighted by Gasteiger charge is 2.32. The molecule has 2 aromatic carbocycles. The first-order valence-corrected chi connectivity index (χ1v) is 10.6. The smallest absolute Gasteiger partial charge is 0.255 e. The van der Waals surface area contributed by atoms with Gasteiger partial charge in [0.2, 0.25) is 0 Å². The van der Waals surface area contributed by atoms with Crippen LogP contribution in [0.15, 0.2) is 66.9 Å². The Balaban J connectivity index is 1.23. The Morgan fingerprint density at radius 1 is 0.933 bits per heavy atom. The number of pyridine rings is 1. The maximum Gasteiger partial charge on any atom is 0.255 e. The number of rotatable bonds is 5. The molecule has 1 N–H and O–H groups in total.